The molecule has 0 heterocycles. The van der Waals surface area contributed by atoms with Crippen molar-refractivity contribution in [3.63, 3.8) is 0 Å². The van der Waals surface area contributed by atoms with Gasteiger partial charge < -0.3 is 9.47 Å². The van der Waals surface area contributed by atoms with Gasteiger partial charge in [-0.3, -0.25) is 0 Å². The Labute approximate surface area is 90.5 Å². The Kier molecular flexibility index (Phi) is 2.95. The minimum absolute atomic E-state index is 0.743. The summed E-state index contributed by atoms with van der Waals surface area (Å²) in [5.74, 6) is 2.35. The van der Waals surface area contributed by atoms with Crippen LogP contribution in [0.4, 0.5) is 0 Å². The quantitative estimate of drug-likeness (QED) is 0.733. The molecule has 15 heavy (non-hydrogen) atoms. The molecule has 0 aliphatic heterocycles. The van der Waals surface area contributed by atoms with Gasteiger partial charge in [0.1, 0.15) is 0 Å². The lowest BCUT2D eigenvalue weighted by Crippen LogP contribution is -2.02. The highest BCUT2D eigenvalue weighted by molar-refractivity contribution is 5.61. The molecular formula is C13H16O2. The fourth-order valence-electron chi connectivity index (χ4n) is 1.49. The van der Waals surface area contributed by atoms with Gasteiger partial charge in [0, 0.05) is 5.56 Å². The first-order chi connectivity index (χ1) is 7.35. The second kappa shape index (κ2) is 4.39. The van der Waals surface area contributed by atoms with E-state index >= 15 is 0 Å². The Morgan fingerprint density at radius 1 is 1.47 bits per heavy atom. The predicted octanol–water partition coefficient (Wildman–Crippen LogP) is 3.13. The number of methoxy groups -OCH3 is 1. The predicted molar refractivity (Wildman–Crippen MR) is 61.3 cm³/mol. The van der Waals surface area contributed by atoms with Crippen molar-refractivity contribution in [1.29, 1.82) is 0 Å². The van der Waals surface area contributed by atoms with Gasteiger partial charge in [-0.1, -0.05) is 24.8 Å². The molecule has 0 spiro atoms. The molecule has 1 saturated carbocycles. The van der Waals surface area contributed by atoms with Crippen LogP contribution in [0, 0.1) is 5.92 Å². The number of benzene rings is 1. The third-order valence-electron chi connectivity index (χ3n) is 2.61. The molecule has 2 nitrogen and oxygen atoms in total. The number of ether oxygens (including phenoxy) is 2. The number of hydrogen-bond donors (Lipinski definition) is 0. The lowest BCUT2D eigenvalue weighted by molar-refractivity contribution is 0.280. The first-order valence-corrected chi connectivity index (χ1v) is 5.27. The van der Waals surface area contributed by atoms with Crippen LogP contribution in [0.15, 0.2) is 24.8 Å². The molecule has 1 aromatic carbocycles. The van der Waals surface area contributed by atoms with Crippen LogP contribution < -0.4 is 9.47 Å². The van der Waals surface area contributed by atoms with Crippen molar-refractivity contribution in [2.75, 3.05) is 13.7 Å². The van der Waals surface area contributed by atoms with Crippen LogP contribution in [-0.4, -0.2) is 13.7 Å². The maximum Gasteiger partial charge on any atom is 0.168 e. The van der Waals surface area contributed by atoms with Crippen LogP contribution in [0.1, 0.15) is 18.4 Å². The van der Waals surface area contributed by atoms with Crippen molar-refractivity contribution in [2.24, 2.45) is 5.92 Å². The molecule has 0 amide bonds. The lowest BCUT2D eigenvalue weighted by atomic mass is 10.2. The van der Waals surface area contributed by atoms with Crippen molar-refractivity contribution in [2.45, 2.75) is 12.8 Å². The molecule has 1 aromatic rings. The minimum Gasteiger partial charge on any atom is -0.493 e. The van der Waals surface area contributed by atoms with E-state index < -0.39 is 0 Å². The summed E-state index contributed by atoms with van der Waals surface area (Å²) < 4.78 is 11.0. The number of rotatable bonds is 5. The van der Waals surface area contributed by atoms with Crippen molar-refractivity contribution >= 4 is 6.08 Å². The highest BCUT2D eigenvalue weighted by atomic mass is 16.5. The summed E-state index contributed by atoms with van der Waals surface area (Å²) in [6, 6.07) is 5.84. The van der Waals surface area contributed by atoms with E-state index in [1.807, 2.05) is 18.2 Å². The van der Waals surface area contributed by atoms with Crippen molar-refractivity contribution < 1.29 is 9.47 Å². The molecule has 0 atom stereocenters. The number of para-hydroxylation sites is 1. The van der Waals surface area contributed by atoms with E-state index in [-0.39, 0.29) is 0 Å². The van der Waals surface area contributed by atoms with Gasteiger partial charge in [-0.25, -0.2) is 0 Å². The Morgan fingerprint density at radius 3 is 2.87 bits per heavy atom. The summed E-state index contributed by atoms with van der Waals surface area (Å²) in [6.45, 7) is 4.57. The Bertz CT molecular complexity index is 354. The summed E-state index contributed by atoms with van der Waals surface area (Å²) in [7, 11) is 1.66. The molecule has 1 fully saturated rings. The van der Waals surface area contributed by atoms with E-state index in [1.54, 1.807) is 13.2 Å². The molecule has 0 N–H and O–H groups in total. The molecule has 0 aromatic heterocycles. The SMILES string of the molecule is C=Cc1cccc(OC)c1OCC1CC1. The second-order valence-corrected chi connectivity index (χ2v) is 3.84. The lowest BCUT2D eigenvalue weighted by Gasteiger charge is -2.12. The van der Waals surface area contributed by atoms with Crippen molar-refractivity contribution in [1.82, 2.24) is 0 Å². The smallest absolute Gasteiger partial charge is 0.168 e. The van der Waals surface area contributed by atoms with Gasteiger partial charge >= 0.3 is 0 Å². The van der Waals surface area contributed by atoms with Crippen LogP contribution >= 0.6 is 0 Å². The van der Waals surface area contributed by atoms with Gasteiger partial charge in [-0.05, 0) is 24.8 Å². The summed E-state index contributed by atoms with van der Waals surface area (Å²) in [4.78, 5) is 0. The normalized spacial score (nSPS) is 14.7. The first kappa shape index (κ1) is 10.1. The minimum atomic E-state index is 0.743. The van der Waals surface area contributed by atoms with Crippen LogP contribution in [0.5, 0.6) is 11.5 Å². The van der Waals surface area contributed by atoms with Gasteiger partial charge in [0.15, 0.2) is 11.5 Å². The molecular weight excluding hydrogens is 188 g/mol. The molecule has 0 saturated heterocycles. The molecule has 80 valence electrons. The van der Waals surface area contributed by atoms with Gasteiger partial charge in [0.05, 0.1) is 13.7 Å². The molecule has 0 unspecified atom stereocenters. The van der Waals surface area contributed by atoms with Crippen molar-refractivity contribution in [3.8, 4) is 11.5 Å². The standard InChI is InChI=1S/C13H16O2/c1-3-11-5-4-6-12(14-2)13(11)15-9-10-7-8-10/h3-6,10H,1,7-9H2,2H3. The third kappa shape index (κ3) is 2.32. The molecule has 2 heteroatoms. The Balaban J connectivity index is 2.18. The van der Waals surface area contributed by atoms with Crippen molar-refractivity contribution in [3.05, 3.63) is 30.3 Å². The largest absolute Gasteiger partial charge is 0.493 e. The zero-order valence-electron chi connectivity index (χ0n) is 9.03. The average molecular weight is 204 g/mol. The third-order valence-corrected chi connectivity index (χ3v) is 2.61. The topological polar surface area (TPSA) is 18.5 Å². The zero-order valence-corrected chi connectivity index (χ0v) is 9.03. The highest BCUT2D eigenvalue weighted by Crippen LogP contribution is 2.35. The summed E-state index contributed by atoms with van der Waals surface area (Å²) in [5.41, 5.74) is 0.995. The van der Waals surface area contributed by atoms with Gasteiger partial charge in [0.25, 0.3) is 0 Å². The summed E-state index contributed by atoms with van der Waals surface area (Å²) in [5, 5.41) is 0. The number of hydrogen-bond acceptors (Lipinski definition) is 2. The van der Waals surface area contributed by atoms with Crippen LogP contribution in [0.25, 0.3) is 6.08 Å². The van der Waals surface area contributed by atoms with E-state index in [0.29, 0.717) is 0 Å². The maximum atomic E-state index is 5.78. The van der Waals surface area contributed by atoms with Crippen LogP contribution in [0.2, 0.25) is 0 Å². The van der Waals surface area contributed by atoms with E-state index in [1.165, 1.54) is 12.8 Å². The second-order valence-electron chi connectivity index (χ2n) is 3.84. The van der Waals surface area contributed by atoms with Gasteiger partial charge in [0.2, 0.25) is 0 Å². The van der Waals surface area contributed by atoms with E-state index in [4.69, 9.17) is 9.47 Å². The average Bonchev–Trinajstić information content (AvgIpc) is 3.09. The van der Waals surface area contributed by atoms with Crippen LogP contribution in [-0.2, 0) is 0 Å². The van der Waals surface area contributed by atoms with Gasteiger partial charge in [-0.2, -0.15) is 0 Å². The molecule has 1 aliphatic rings. The van der Waals surface area contributed by atoms with Gasteiger partial charge in [-0.15, -0.1) is 0 Å². The molecule has 0 bridgehead atoms. The summed E-state index contributed by atoms with van der Waals surface area (Å²) >= 11 is 0. The molecule has 2 rings (SSSR count). The van der Waals surface area contributed by atoms with E-state index in [2.05, 4.69) is 6.58 Å². The van der Waals surface area contributed by atoms with E-state index in [9.17, 15) is 0 Å². The fraction of sp³-hybridized carbons (Fsp3) is 0.385. The zero-order chi connectivity index (χ0) is 10.7. The molecule has 0 radical (unpaired) electrons. The Hall–Kier alpha value is -1.44. The first-order valence-electron chi connectivity index (χ1n) is 5.27. The highest BCUT2D eigenvalue weighted by Gasteiger charge is 2.23. The summed E-state index contributed by atoms with van der Waals surface area (Å²) in [6.07, 6.45) is 4.38. The molecule has 1 aliphatic carbocycles. The van der Waals surface area contributed by atoms with Crippen LogP contribution in [0.3, 0.4) is 0 Å². The Morgan fingerprint density at radius 2 is 2.27 bits per heavy atom. The van der Waals surface area contributed by atoms with E-state index in [0.717, 1.165) is 29.6 Å². The maximum absolute atomic E-state index is 5.78. The monoisotopic (exact) mass is 204 g/mol. The fourth-order valence-corrected chi connectivity index (χ4v) is 1.49.